The van der Waals surface area contributed by atoms with Gasteiger partial charge in [0, 0.05) is 0 Å². The first-order chi connectivity index (χ1) is 4.77. The van der Waals surface area contributed by atoms with Gasteiger partial charge in [-0.3, -0.25) is 8.37 Å². The first kappa shape index (κ1) is 7.65. The van der Waals surface area contributed by atoms with E-state index in [1.807, 2.05) is 0 Å². The number of hydrogen-bond acceptors (Lipinski definition) is 3. The highest BCUT2D eigenvalue weighted by Gasteiger charge is 2.30. The molecule has 0 saturated carbocycles. The molecule has 0 spiro atoms. The normalized spacial score (nSPS) is 39.4. The van der Waals surface area contributed by atoms with E-state index in [1.165, 1.54) is 12.2 Å². The largest absolute Gasteiger partial charge is 0.306 e. The molecule has 0 N–H and O–H groups in total. The lowest BCUT2D eigenvalue weighted by molar-refractivity contribution is 0.235. The smallest absolute Gasteiger partial charge is 0.258 e. The van der Waals surface area contributed by atoms with Crippen LogP contribution in [-0.2, 0) is 19.7 Å². The average Bonchev–Trinajstić information content (AvgIpc) is 2.30. The van der Waals surface area contributed by atoms with Crippen molar-refractivity contribution in [2.45, 2.75) is 12.2 Å². The SMILES string of the molecule is C=CC1OS(=O)OC1C=C. The zero-order chi connectivity index (χ0) is 7.56. The molecule has 0 aromatic carbocycles. The summed E-state index contributed by atoms with van der Waals surface area (Å²) in [6, 6.07) is 0. The van der Waals surface area contributed by atoms with Crippen LogP contribution < -0.4 is 0 Å². The molecule has 0 amide bonds. The summed E-state index contributed by atoms with van der Waals surface area (Å²) in [5.41, 5.74) is 0. The molecule has 10 heavy (non-hydrogen) atoms. The molecule has 2 unspecified atom stereocenters. The Hall–Kier alpha value is -0.450. The molecule has 0 bridgehead atoms. The van der Waals surface area contributed by atoms with Crippen LogP contribution in [-0.4, -0.2) is 16.4 Å². The van der Waals surface area contributed by atoms with Crippen LogP contribution in [0.15, 0.2) is 25.3 Å². The van der Waals surface area contributed by atoms with Crippen molar-refractivity contribution >= 4 is 11.4 Å². The molecule has 1 aliphatic rings. The van der Waals surface area contributed by atoms with Gasteiger partial charge in [-0.2, -0.15) is 4.21 Å². The van der Waals surface area contributed by atoms with E-state index in [0.29, 0.717) is 0 Å². The summed E-state index contributed by atoms with van der Waals surface area (Å²) in [6.07, 6.45) is 2.44. The van der Waals surface area contributed by atoms with E-state index in [9.17, 15) is 4.21 Å². The summed E-state index contributed by atoms with van der Waals surface area (Å²) in [6.45, 7) is 6.98. The van der Waals surface area contributed by atoms with Crippen molar-refractivity contribution in [1.82, 2.24) is 0 Å². The molecule has 3 nitrogen and oxygen atoms in total. The lowest BCUT2D eigenvalue weighted by atomic mass is 10.2. The molecule has 1 fully saturated rings. The molecular formula is C6H8O3S. The van der Waals surface area contributed by atoms with Crippen LogP contribution in [0.3, 0.4) is 0 Å². The Kier molecular flexibility index (Phi) is 2.37. The van der Waals surface area contributed by atoms with Gasteiger partial charge >= 0.3 is 11.4 Å². The zero-order valence-electron chi connectivity index (χ0n) is 5.36. The maximum Gasteiger partial charge on any atom is 0.306 e. The van der Waals surface area contributed by atoms with Crippen LogP contribution >= 0.6 is 0 Å². The Bertz CT molecular complexity index is 160. The number of rotatable bonds is 2. The van der Waals surface area contributed by atoms with Gasteiger partial charge in [-0.25, -0.2) is 0 Å². The average molecular weight is 160 g/mol. The summed E-state index contributed by atoms with van der Waals surface area (Å²) in [7, 11) is 0. The van der Waals surface area contributed by atoms with E-state index < -0.39 is 11.4 Å². The molecule has 1 heterocycles. The van der Waals surface area contributed by atoms with Gasteiger partial charge in [0.2, 0.25) is 0 Å². The van der Waals surface area contributed by atoms with E-state index in [0.717, 1.165) is 0 Å². The molecule has 0 aromatic heterocycles. The van der Waals surface area contributed by atoms with E-state index in [2.05, 4.69) is 13.2 Å². The molecular weight excluding hydrogens is 152 g/mol. The molecule has 1 rings (SSSR count). The lowest BCUT2D eigenvalue weighted by Gasteiger charge is -2.02. The second-order valence-electron chi connectivity index (χ2n) is 1.80. The highest BCUT2D eigenvalue weighted by atomic mass is 32.2. The highest BCUT2D eigenvalue weighted by molar-refractivity contribution is 7.75. The third kappa shape index (κ3) is 1.34. The molecule has 1 aliphatic heterocycles. The van der Waals surface area contributed by atoms with Gasteiger partial charge in [0.25, 0.3) is 0 Å². The summed E-state index contributed by atoms with van der Waals surface area (Å²) in [5.74, 6) is 0. The Balaban J connectivity index is 2.65. The van der Waals surface area contributed by atoms with Crippen LogP contribution in [0.1, 0.15) is 0 Å². The quantitative estimate of drug-likeness (QED) is 0.558. The van der Waals surface area contributed by atoms with Gasteiger partial charge in [-0.1, -0.05) is 12.2 Å². The third-order valence-electron chi connectivity index (χ3n) is 1.17. The van der Waals surface area contributed by atoms with Crippen LogP contribution in [0.4, 0.5) is 0 Å². The summed E-state index contributed by atoms with van der Waals surface area (Å²) in [5, 5.41) is 0. The Labute approximate surface area is 62.2 Å². The first-order valence-electron chi connectivity index (χ1n) is 2.79. The predicted molar refractivity (Wildman–Crippen MR) is 38.3 cm³/mol. The van der Waals surface area contributed by atoms with E-state index in [-0.39, 0.29) is 12.2 Å². The Morgan fingerprint density at radius 2 is 1.60 bits per heavy atom. The lowest BCUT2D eigenvalue weighted by Crippen LogP contribution is -2.16. The van der Waals surface area contributed by atoms with E-state index in [1.54, 1.807) is 0 Å². The zero-order valence-corrected chi connectivity index (χ0v) is 6.17. The molecule has 1 saturated heterocycles. The molecule has 56 valence electrons. The van der Waals surface area contributed by atoms with Crippen molar-refractivity contribution in [3.63, 3.8) is 0 Å². The third-order valence-corrected chi connectivity index (χ3v) is 1.93. The van der Waals surface area contributed by atoms with Crippen molar-refractivity contribution in [1.29, 1.82) is 0 Å². The minimum absolute atomic E-state index is 0.321. The van der Waals surface area contributed by atoms with Crippen LogP contribution in [0, 0.1) is 0 Å². The maximum absolute atomic E-state index is 10.6. The van der Waals surface area contributed by atoms with Crippen molar-refractivity contribution in [3.05, 3.63) is 25.3 Å². The van der Waals surface area contributed by atoms with Crippen LogP contribution in [0.25, 0.3) is 0 Å². The fraction of sp³-hybridized carbons (Fsp3) is 0.333. The number of hydrogen-bond donors (Lipinski definition) is 0. The molecule has 2 atom stereocenters. The van der Waals surface area contributed by atoms with Gasteiger partial charge in [0.05, 0.1) is 0 Å². The Morgan fingerprint density at radius 1 is 1.20 bits per heavy atom. The van der Waals surface area contributed by atoms with Crippen LogP contribution in [0.5, 0.6) is 0 Å². The second-order valence-corrected chi connectivity index (χ2v) is 2.59. The minimum Gasteiger partial charge on any atom is -0.258 e. The van der Waals surface area contributed by atoms with Gasteiger partial charge in [0.15, 0.2) is 0 Å². The van der Waals surface area contributed by atoms with Crippen molar-refractivity contribution in [2.75, 3.05) is 0 Å². The monoisotopic (exact) mass is 160 g/mol. The molecule has 0 radical (unpaired) electrons. The topological polar surface area (TPSA) is 35.5 Å². The van der Waals surface area contributed by atoms with Crippen molar-refractivity contribution < 1.29 is 12.6 Å². The van der Waals surface area contributed by atoms with E-state index >= 15 is 0 Å². The highest BCUT2D eigenvalue weighted by Crippen LogP contribution is 2.18. The van der Waals surface area contributed by atoms with Gasteiger partial charge in [0.1, 0.15) is 12.2 Å². The Morgan fingerprint density at radius 3 is 1.90 bits per heavy atom. The summed E-state index contributed by atoms with van der Waals surface area (Å²) >= 11 is -1.63. The first-order valence-corrected chi connectivity index (χ1v) is 3.79. The van der Waals surface area contributed by atoms with Crippen molar-refractivity contribution in [2.24, 2.45) is 0 Å². The van der Waals surface area contributed by atoms with Gasteiger partial charge in [-0.15, -0.1) is 13.2 Å². The van der Waals surface area contributed by atoms with Crippen molar-refractivity contribution in [3.8, 4) is 0 Å². The maximum atomic E-state index is 10.6. The summed E-state index contributed by atoms with van der Waals surface area (Å²) in [4.78, 5) is 0. The minimum atomic E-state index is -1.63. The molecule has 0 aromatic rings. The van der Waals surface area contributed by atoms with Gasteiger partial charge < -0.3 is 0 Å². The van der Waals surface area contributed by atoms with Gasteiger partial charge in [-0.05, 0) is 0 Å². The second kappa shape index (κ2) is 3.09. The fourth-order valence-electron chi connectivity index (χ4n) is 0.660. The van der Waals surface area contributed by atoms with Crippen LogP contribution in [0.2, 0.25) is 0 Å². The van der Waals surface area contributed by atoms with E-state index in [4.69, 9.17) is 8.37 Å². The molecule has 4 heteroatoms. The summed E-state index contributed by atoms with van der Waals surface area (Å²) < 4.78 is 20.1. The molecule has 0 aliphatic carbocycles. The standard InChI is InChI=1S/C6H8O3S/c1-3-5-6(4-2)9-10(7)8-5/h3-6H,1-2H2. The predicted octanol–water partition coefficient (Wildman–Crippen LogP) is 0.721. The fourth-order valence-corrected chi connectivity index (χ4v) is 1.44.